The van der Waals surface area contributed by atoms with Crippen LogP contribution >= 0.6 is 11.3 Å². The van der Waals surface area contributed by atoms with E-state index in [0.29, 0.717) is 24.5 Å². The van der Waals surface area contributed by atoms with Crippen LogP contribution in [0.3, 0.4) is 0 Å². The normalized spacial score (nSPS) is 24.8. The number of hydrogen-bond donors (Lipinski definition) is 0. The lowest BCUT2D eigenvalue weighted by atomic mass is 9.90. The van der Waals surface area contributed by atoms with E-state index in [2.05, 4.69) is 11.8 Å². The Morgan fingerprint density at radius 1 is 1.15 bits per heavy atom. The Labute approximate surface area is 200 Å². The maximum Gasteiger partial charge on any atom is 0.323 e. The smallest absolute Gasteiger partial charge is 0.323 e. The lowest BCUT2D eigenvalue weighted by Gasteiger charge is -2.39. The van der Waals surface area contributed by atoms with E-state index in [0.717, 1.165) is 48.4 Å². The highest BCUT2D eigenvalue weighted by Crippen LogP contribution is 2.55. The van der Waals surface area contributed by atoms with E-state index >= 15 is 0 Å². The van der Waals surface area contributed by atoms with Crippen LogP contribution in [-0.4, -0.2) is 45.0 Å². The molecule has 0 saturated carbocycles. The first-order valence-corrected chi connectivity index (χ1v) is 14.3. The minimum absolute atomic E-state index is 0.0622. The maximum absolute atomic E-state index is 13.9. The van der Waals surface area contributed by atoms with Gasteiger partial charge in [-0.15, -0.1) is 11.3 Å². The molecule has 0 spiro atoms. The molecule has 0 amide bonds. The predicted molar refractivity (Wildman–Crippen MR) is 130 cm³/mol. The fourth-order valence-corrected chi connectivity index (χ4v) is 9.09. The third kappa shape index (κ3) is 3.70. The zero-order valence-corrected chi connectivity index (χ0v) is 21.2. The zero-order chi connectivity index (χ0) is 23.3. The number of fused-ring (bicyclic) bond motifs is 5. The molecular weight excluding hydrogens is 456 g/mol. The first kappa shape index (κ1) is 22.9. The monoisotopic (exact) mass is 488 g/mol. The lowest BCUT2D eigenvalue weighted by Crippen LogP contribution is -2.43. The summed E-state index contributed by atoms with van der Waals surface area (Å²) in [6.45, 7) is 7.37. The largest absolute Gasteiger partial charge is 0.465 e. The Kier molecular flexibility index (Phi) is 6.04. The van der Waals surface area contributed by atoms with Crippen molar-refractivity contribution in [3.8, 4) is 0 Å². The van der Waals surface area contributed by atoms with Gasteiger partial charge in [0, 0.05) is 22.2 Å². The Hall–Kier alpha value is -1.90. The minimum atomic E-state index is -3.70. The average Bonchev–Trinajstić information content (AvgIpc) is 3.37. The molecule has 0 unspecified atom stereocenters. The number of likely N-dealkylation sites (tertiary alicyclic amines) is 1. The van der Waals surface area contributed by atoms with Gasteiger partial charge in [-0.05, 0) is 70.2 Å². The zero-order valence-electron chi connectivity index (χ0n) is 19.5. The second-order valence-corrected chi connectivity index (χ2v) is 12.3. The van der Waals surface area contributed by atoms with Gasteiger partial charge in [0.05, 0.1) is 23.2 Å². The SMILES string of the molecule is CCOC(=O)[C@@H]1C[C@H]2CN(S(=O)(=O)c3ccc(C)cc3)c3c(sc4c3CCCC4)[C@H]2N1CC. The predicted octanol–water partition coefficient (Wildman–Crippen LogP) is 4.46. The van der Waals surface area contributed by atoms with Crippen LogP contribution in [0.2, 0.25) is 0 Å². The number of likely N-dealkylation sites (N-methyl/N-ethyl adjacent to an activating group) is 1. The summed E-state index contributed by atoms with van der Waals surface area (Å²) >= 11 is 1.78. The van der Waals surface area contributed by atoms with Crippen molar-refractivity contribution in [2.24, 2.45) is 5.92 Å². The minimum Gasteiger partial charge on any atom is -0.465 e. The van der Waals surface area contributed by atoms with Gasteiger partial charge >= 0.3 is 5.97 Å². The summed E-state index contributed by atoms with van der Waals surface area (Å²) in [5, 5.41) is 0. The van der Waals surface area contributed by atoms with E-state index in [9.17, 15) is 13.2 Å². The van der Waals surface area contributed by atoms with Gasteiger partial charge in [-0.1, -0.05) is 24.6 Å². The van der Waals surface area contributed by atoms with Gasteiger partial charge in [0.15, 0.2) is 0 Å². The molecule has 5 rings (SSSR count). The molecule has 1 aromatic carbocycles. The second kappa shape index (κ2) is 8.71. The summed E-state index contributed by atoms with van der Waals surface area (Å²) in [7, 11) is -3.70. The number of benzene rings is 1. The van der Waals surface area contributed by atoms with Gasteiger partial charge in [-0.2, -0.15) is 0 Å². The second-order valence-electron chi connectivity index (χ2n) is 9.31. The number of aryl methyl sites for hydroxylation is 2. The fraction of sp³-hybridized carbons (Fsp3) is 0.560. The number of anilines is 1. The Bertz CT molecular complexity index is 1160. The summed E-state index contributed by atoms with van der Waals surface area (Å²) in [5.74, 6) is -0.128. The molecule has 0 N–H and O–H groups in total. The van der Waals surface area contributed by atoms with Crippen molar-refractivity contribution in [1.82, 2.24) is 4.90 Å². The van der Waals surface area contributed by atoms with Crippen LogP contribution in [0.25, 0.3) is 0 Å². The van der Waals surface area contributed by atoms with Crippen LogP contribution in [0.15, 0.2) is 29.2 Å². The molecule has 8 heteroatoms. The number of nitrogens with zero attached hydrogens (tertiary/aromatic N) is 2. The molecular formula is C25H32N2O4S2. The Balaban J connectivity index is 1.63. The van der Waals surface area contributed by atoms with Gasteiger partial charge in [0.25, 0.3) is 10.0 Å². The summed E-state index contributed by atoms with van der Waals surface area (Å²) in [6, 6.07) is 6.88. The van der Waals surface area contributed by atoms with Crippen LogP contribution in [0.1, 0.15) is 60.0 Å². The molecule has 3 aliphatic rings. The van der Waals surface area contributed by atoms with Gasteiger partial charge in [-0.25, -0.2) is 8.42 Å². The van der Waals surface area contributed by atoms with Gasteiger partial charge in [0.1, 0.15) is 6.04 Å². The molecule has 2 aliphatic heterocycles. The summed E-state index contributed by atoms with van der Waals surface area (Å²) < 4.78 is 34.9. The van der Waals surface area contributed by atoms with Crippen LogP contribution in [0, 0.1) is 12.8 Å². The van der Waals surface area contributed by atoms with Crippen LogP contribution in [0.5, 0.6) is 0 Å². The molecule has 6 nitrogen and oxygen atoms in total. The van der Waals surface area contributed by atoms with Crippen molar-refractivity contribution in [1.29, 1.82) is 0 Å². The molecule has 1 aromatic heterocycles. The molecule has 1 fully saturated rings. The first-order chi connectivity index (χ1) is 15.9. The van der Waals surface area contributed by atoms with E-state index in [-0.39, 0.29) is 24.0 Å². The number of hydrogen-bond acceptors (Lipinski definition) is 6. The standard InChI is InChI=1S/C25H32N2O4S2/c1-4-26-20(25(28)31-5-2)14-17-15-27(33(29,30)18-12-10-16(3)11-13-18)23-19-8-6-7-9-21(19)32-24(23)22(17)26/h10-13,17,20,22H,4-9,14-15H2,1-3H3/t17-,20-,22-/m0/s1. The number of ether oxygens (including phenoxy) is 1. The topological polar surface area (TPSA) is 66.9 Å². The average molecular weight is 489 g/mol. The summed E-state index contributed by atoms with van der Waals surface area (Å²) in [4.78, 5) is 17.8. The van der Waals surface area contributed by atoms with E-state index in [1.807, 2.05) is 26.0 Å². The number of thiophene rings is 1. The number of carbonyl (C=O) groups is 1. The van der Waals surface area contributed by atoms with Gasteiger partial charge in [-0.3, -0.25) is 14.0 Å². The third-order valence-electron chi connectivity index (χ3n) is 7.35. The van der Waals surface area contributed by atoms with E-state index in [4.69, 9.17) is 4.74 Å². The number of carbonyl (C=O) groups excluding carboxylic acids is 1. The highest BCUT2D eigenvalue weighted by atomic mass is 32.2. The van der Waals surface area contributed by atoms with Crippen LogP contribution in [0.4, 0.5) is 5.69 Å². The van der Waals surface area contributed by atoms with Gasteiger partial charge < -0.3 is 4.74 Å². The molecule has 33 heavy (non-hydrogen) atoms. The Morgan fingerprint density at radius 3 is 2.58 bits per heavy atom. The van der Waals surface area contributed by atoms with E-state index in [1.54, 1.807) is 27.8 Å². The van der Waals surface area contributed by atoms with Crippen molar-refractivity contribution >= 4 is 33.0 Å². The van der Waals surface area contributed by atoms with E-state index in [1.165, 1.54) is 10.4 Å². The number of sulfonamides is 1. The van der Waals surface area contributed by atoms with Crippen molar-refractivity contribution < 1.29 is 17.9 Å². The molecule has 2 aromatic rings. The lowest BCUT2D eigenvalue weighted by molar-refractivity contribution is -0.148. The third-order valence-corrected chi connectivity index (χ3v) is 10.5. The highest BCUT2D eigenvalue weighted by molar-refractivity contribution is 7.92. The molecule has 3 heterocycles. The fourth-order valence-electron chi connectivity index (χ4n) is 5.85. The molecule has 3 atom stereocenters. The molecule has 1 saturated heterocycles. The van der Waals surface area contributed by atoms with E-state index < -0.39 is 10.0 Å². The molecule has 1 aliphatic carbocycles. The number of esters is 1. The summed E-state index contributed by atoms with van der Waals surface area (Å²) in [6.07, 6.45) is 4.79. The molecule has 0 radical (unpaired) electrons. The maximum atomic E-state index is 13.9. The van der Waals surface area contributed by atoms with Gasteiger partial charge in [0.2, 0.25) is 0 Å². The van der Waals surface area contributed by atoms with Crippen molar-refractivity contribution in [2.45, 2.75) is 69.9 Å². The Morgan fingerprint density at radius 2 is 1.88 bits per heavy atom. The van der Waals surface area contributed by atoms with Crippen molar-refractivity contribution in [2.75, 3.05) is 24.0 Å². The molecule has 178 valence electrons. The quantitative estimate of drug-likeness (QED) is 0.582. The first-order valence-electron chi connectivity index (χ1n) is 12.0. The van der Waals surface area contributed by atoms with Crippen molar-refractivity contribution in [3.63, 3.8) is 0 Å². The van der Waals surface area contributed by atoms with Crippen LogP contribution in [-0.2, 0) is 32.4 Å². The highest BCUT2D eigenvalue weighted by Gasteiger charge is 2.52. The van der Waals surface area contributed by atoms with Crippen molar-refractivity contribution in [3.05, 3.63) is 45.1 Å². The van der Waals surface area contributed by atoms with Crippen LogP contribution < -0.4 is 4.31 Å². The molecule has 0 bridgehead atoms. The summed E-state index contributed by atoms with van der Waals surface area (Å²) in [5.41, 5.74) is 3.15. The number of rotatable bonds is 5.